The lowest BCUT2D eigenvalue weighted by Gasteiger charge is -2.19. The van der Waals surface area contributed by atoms with E-state index in [-0.39, 0.29) is 11.6 Å². The summed E-state index contributed by atoms with van der Waals surface area (Å²) in [5.41, 5.74) is 0.494. The fourth-order valence-electron chi connectivity index (χ4n) is 3.44. The summed E-state index contributed by atoms with van der Waals surface area (Å²) in [5.74, 6) is 0.144. The van der Waals surface area contributed by atoms with Gasteiger partial charge in [-0.15, -0.1) is 11.3 Å². The summed E-state index contributed by atoms with van der Waals surface area (Å²) in [4.78, 5) is 7.47. The van der Waals surface area contributed by atoms with Gasteiger partial charge in [0.25, 0.3) is 0 Å². The molecular weight excluding hydrogens is 361 g/mol. The Kier molecular flexibility index (Phi) is 4.27. The van der Waals surface area contributed by atoms with Gasteiger partial charge in [-0.05, 0) is 44.3 Å². The minimum atomic E-state index is -4.49. The van der Waals surface area contributed by atoms with E-state index in [0.29, 0.717) is 22.3 Å². The quantitative estimate of drug-likeness (QED) is 0.662. The number of alkyl halides is 3. The van der Waals surface area contributed by atoms with Gasteiger partial charge in [0, 0.05) is 24.6 Å². The van der Waals surface area contributed by atoms with Gasteiger partial charge in [-0.3, -0.25) is 0 Å². The molecule has 3 aromatic rings. The molecule has 4 heterocycles. The molecule has 0 saturated carbocycles. The Bertz CT molecular complexity index is 915. The number of rotatable bonds is 3. The highest BCUT2D eigenvalue weighted by atomic mass is 32.1. The van der Waals surface area contributed by atoms with Crippen LogP contribution in [0.3, 0.4) is 0 Å². The highest BCUT2D eigenvalue weighted by molar-refractivity contribution is 7.13. The lowest BCUT2D eigenvalue weighted by Crippen LogP contribution is -2.27. The summed E-state index contributed by atoms with van der Waals surface area (Å²) in [6, 6.07) is 6.80. The van der Waals surface area contributed by atoms with Crippen LogP contribution in [-0.4, -0.2) is 38.6 Å². The van der Waals surface area contributed by atoms with Crippen LogP contribution in [0.4, 0.5) is 13.2 Å². The summed E-state index contributed by atoms with van der Waals surface area (Å²) in [6.45, 7) is 6.02. The zero-order valence-electron chi connectivity index (χ0n) is 14.5. The minimum Gasteiger partial charge on any atom is -0.300 e. The van der Waals surface area contributed by atoms with E-state index in [0.717, 1.165) is 30.1 Å². The molecule has 3 aromatic heterocycles. The lowest BCUT2D eigenvalue weighted by molar-refractivity contribution is -0.142. The Balaban J connectivity index is 1.79. The molecule has 1 aliphatic heterocycles. The van der Waals surface area contributed by atoms with Crippen molar-refractivity contribution >= 4 is 17.0 Å². The topological polar surface area (TPSA) is 33.4 Å². The smallest absolute Gasteiger partial charge is 0.300 e. The Hall–Kier alpha value is -1.93. The van der Waals surface area contributed by atoms with Gasteiger partial charge in [0.1, 0.15) is 0 Å². The Morgan fingerprint density at radius 3 is 2.69 bits per heavy atom. The predicted molar refractivity (Wildman–Crippen MR) is 95.4 cm³/mol. The summed E-state index contributed by atoms with van der Waals surface area (Å²) >= 11 is 1.37. The normalized spacial score (nSPS) is 19.1. The zero-order chi connectivity index (χ0) is 18.5. The number of halogens is 3. The first-order chi connectivity index (χ1) is 12.3. The van der Waals surface area contributed by atoms with Crippen molar-refractivity contribution in [2.45, 2.75) is 38.4 Å². The van der Waals surface area contributed by atoms with Gasteiger partial charge in [0.15, 0.2) is 11.3 Å². The maximum atomic E-state index is 13.6. The Labute approximate surface area is 153 Å². The van der Waals surface area contributed by atoms with Crippen LogP contribution < -0.4 is 0 Å². The molecule has 1 saturated heterocycles. The van der Waals surface area contributed by atoms with Gasteiger partial charge in [0.05, 0.1) is 16.3 Å². The van der Waals surface area contributed by atoms with Crippen molar-refractivity contribution in [3.63, 3.8) is 0 Å². The molecule has 8 heteroatoms. The first-order valence-corrected chi connectivity index (χ1v) is 9.47. The average molecular weight is 380 g/mol. The number of fused-ring (bicyclic) bond motifs is 1. The molecule has 1 aliphatic rings. The number of nitrogens with zero attached hydrogens (tertiary/aromatic N) is 4. The monoisotopic (exact) mass is 380 g/mol. The van der Waals surface area contributed by atoms with Crippen molar-refractivity contribution in [3.8, 4) is 10.6 Å². The van der Waals surface area contributed by atoms with E-state index >= 15 is 0 Å². The van der Waals surface area contributed by atoms with Gasteiger partial charge >= 0.3 is 6.18 Å². The number of thiophene rings is 1. The van der Waals surface area contributed by atoms with Gasteiger partial charge in [-0.25, -0.2) is 9.50 Å². The van der Waals surface area contributed by atoms with Crippen LogP contribution in [0, 0.1) is 0 Å². The molecular formula is C18H19F3N4S. The Morgan fingerprint density at radius 1 is 1.27 bits per heavy atom. The van der Waals surface area contributed by atoms with E-state index in [9.17, 15) is 13.2 Å². The van der Waals surface area contributed by atoms with Crippen molar-refractivity contribution in [3.05, 3.63) is 41.0 Å². The third-order valence-corrected chi connectivity index (χ3v) is 5.77. The van der Waals surface area contributed by atoms with Crippen molar-refractivity contribution < 1.29 is 13.2 Å². The zero-order valence-corrected chi connectivity index (χ0v) is 15.3. The summed E-state index contributed by atoms with van der Waals surface area (Å²) in [6.07, 6.45) is -3.59. The summed E-state index contributed by atoms with van der Waals surface area (Å²) < 4.78 is 41.8. The molecule has 26 heavy (non-hydrogen) atoms. The van der Waals surface area contributed by atoms with Crippen molar-refractivity contribution in [2.24, 2.45) is 0 Å². The van der Waals surface area contributed by atoms with Gasteiger partial charge in [-0.1, -0.05) is 6.07 Å². The molecule has 1 unspecified atom stereocenters. The largest absolute Gasteiger partial charge is 0.433 e. The lowest BCUT2D eigenvalue weighted by atomic mass is 10.1. The molecule has 0 aromatic carbocycles. The van der Waals surface area contributed by atoms with E-state index in [1.165, 1.54) is 11.3 Å². The molecule has 0 radical (unpaired) electrons. The first kappa shape index (κ1) is 17.5. The van der Waals surface area contributed by atoms with Crippen LogP contribution in [0.15, 0.2) is 29.6 Å². The average Bonchev–Trinajstić information content (AvgIpc) is 3.30. The predicted octanol–water partition coefficient (Wildman–Crippen LogP) is 4.67. The molecule has 0 bridgehead atoms. The van der Waals surface area contributed by atoms with Crippen LogP contribution in [-0.2, 0) is 6.18 Å². The molecule has 0 N–H and O–H groups in total. The van der Waals surface area contributed by atoms with Crippen LogP contribution in [0.25, 0.3) is 16.2 Å². The van der Waals surface area contributed by atoms with Crippen molar-refractivity contribution in [1.29, 1.82) is 0 Å². The van der Waals surface area contributed by atoms with Crippen molar-refractivity contribution in [2.75, 3.05) is 13.1 Å². The summed E-state index contributed by atoms with van der Waals surface area (Å²) in [5, 5.41) is 6.12. The molecule has 0 spiro atoms. The second kappa shape index (κ2) is 6.35. The van der Waals surface area contributed by atoms with E-state index in [4.69, 9.17) is 0 Å². The van der Waals surface area contributed by atoms with Crippen LogP contribution in [0.5, 0.6) is 0 Å². The number of hydrogen-bond acceptors (Lipinski definition) is 4. The number of hydrogen-bond donors (Lipinski definition) is 0. The SMILES string of the molecule is CC(C)N1CCC(c2cc3nc(-c4cccs4)cc(C(F)(F)F)n3n2)C1. The van der Waals surface area contributed by atoms with E-state index in [1.807, 2.05) is 5.38 Å². The van der Waals surface area contributed by atoms with Crippen molar-refractivity contribution in [1.82, 2.24) is 19.5 Å². The summed E-state index contributed by atoms with van der Waals surface area (Å²) in [7, 11) is 0. The second-order valence-electron chi connectivity index (χ2n) is 6.92. The molecule has 138 valence electrons. The minimum absolute atomic E-state index is 0.144. The third-order valence-electron chi connectivity index (χ3n) is 4.88. The molecule has 1 atom stereocenters. The fraction of sp³-hybridized carbons (Fsp3) is 0.444. The molecule has 0 aliphatic carbocycles. The number of aromatic nitrogens is 3. The van der Waals surface area contributed by atoms with E-state index in [1.54, 1.807) is 18.2 Å². The number of likely N-dealkylation sites (tertiary alicyclic amines) is 1. The highest BCUT2D eigenvalue weighted by Crippen LogP contribution is 2.35. The molecule has 1 fully saturated rings. The van der Waals surface area contributed by atoms with Gasteiger partial charge in [0.2, 0.25) is 0 Å². The standard InChI is InChI=1S/C18H19F3N4S/c1-11(2)24-6-5-12(10-24)13-9-17-22-14(15-4-3-7-26-15)8-16(18(19,20)21)25(17)23-13/h3-4,7-9,11-12H,5-6,10H2,1-2H3. The molecule has 4 rings (SSSR count). The van der Waals surface area contributed by atoms with Gasteiger partial charge < -0.3 is 4.90 Å². The molecule has 0 amide bonds. The maximum absolute atomic E-state index is 13.6. The van der Waals surface area contributed by atoms with Crippen LogP contribution in [0.2, 0.25) is 0 Å². The Morgan fingerprint density at radius 2 is 2.08 bits per heavy atom. The fourth-order valence-corrected chi connectivity index (χ4v) is 4.13. The maximum Gasteiger partial charge on any atom is 0.433 e. The third kappa shape index (κ3) is 3.12. The first-order valence-electron chi connectivity index (χ1n) is 8.59. The van der Waals surface area contributed by atoms with Crippen LogP contribution in [0.1, 0.15) is 37.6 Å². The van der Waals surface area contributed by atoms with Gasteiger partial charge in [-0.2, -0.15) is 18.3 Å². The molecule has 4 nitrogen and oxygen atoms in total. The van der Waals surface area contributed by atoms with E-state index < -0.39 is 11.9 Å². The van der Waals surface area contributed by atoms with E-state index in [2.05, 4.69) is 28.8 Å². The second-order valence-corrected chi connectivity index (χ2v) is 7.86. The van der Waals surface area contributed by atoms with Crippen LogP contribution >= 0.6 is 11.3 Å². The highest BCUT2D eigenvalue weighted by Gasteiger charge is 2.36.